The Balaban J connectivity index is 1.81. The van der Waals surface area contributed by atoms with Crippen LogP contribution in [-0.4, -0.2) is 0 Å². The van der Waals surface area contributed by atoms with Crippen molar-refractivity contribution in [2.75, 3.05) is 0 Å². The molecule has 0 radical (unpaired) electrons. The van der Waals surface area contributed by atoms with Crippen molar-refractivity contribution in [2.45, 2.75) is 73.1 Å². The van der Waals surface area contributed by atoms with Crippen LogP contribution >= 0.6 is 0 Å². The van der Waals surface area contributed by atoms with Gasteiger partial charge in [0.15, 0.2) is 0 Å². The van der Waals surface area contributed by atoms with E-state index in [1.165, 1.54) is 38.5 Å². The topological polar surface area (TPSA) is 0 Å². The average Bonchev–Trinajstić information content (AvgIpc) is 3.00. The molecule has 0 amide bonds. The molecule has 0 aliphatic heterocycles. The van der Waals surface area contributed by atoms with E-state index in [-0.39, 0.29) is 0 Å². The molecule has 4 aliphatic rings. The summed E-state index contributed by atoms with van der Waals surface area (Å²) < 4.78 is 0. The first-order valence-corrected chi connectivity index (χ1v) is 9.04. The summed E-state index contributed by atoms with van der Waals surface area (Å²) in [6, 6.07) is 0. The number of allylic oxidation sites excluding steroid dienone is 2. The lowest BCUT2D eigenvalue weighted by Crippen LogP contribution is -2.31. The molecule has 0 aromatic heterocycles. The van der Waals surface area contributed by atoms with Crippen molar-refractivity contribution in [3.05, 3.63) is 11.6 Å². The maximum absolute atomic E-state index is 2.82. The highest BCUT2D eigenvalue weighted by Crippen LogP contribution is 2.73. The Hall–Kier alpha value is -0.260. The molecule has 3 fully saturated rings. The minimum absolute atomic E-state index is 0.527. The molecule has 4 rings (SSSR count). The van der Waals surface area contributed by atoms with Crippen LogP contribution in [0.1, 0.15) is 73.1 Å². The molecule has 1 spiro atoms. The summed E-state index contributed by atoms with van der Waals surface area (Å²) in [4.78, 5) is 0. The number of hydrogen-bond acceptors (Lipinski definition) is 0. The predicted octanol–water partition coefficient (Wildman–Crippen LogP) is 5.83. The molecular formula is C20H32. The van der Waals surface area contributed by atoms with Crippen LogP contribution in [0.4, 0.5) is 0 Å². The Morgan fingerprint density at radius 3 is 2.20 bits per heavy atom. The van der Waals surface area contributed by atoms with Gasteiger partial charge in [0.05, 0.1) is 0 Å². The van der Waals surface area contributed by atoms with E-state index < -0.39 is 0 Å². The van der Waals surface area contributed by atoms with Crippen LogP contribution < -0.4 is 0 Å². The zero-order valence-corrected chi connectivity index (χ0v) is 14.1. The average molecular weight is 272 g/mol. The first kappa shape index (κ1) is 13.4. The highest BCUT2D eigenvalue weighted by Gasteiger charge is 2.64. The maximum atomic E-state index is 2.82. The molecule has 0 nitrogen and oxygen atoms in total. The van der Waals surface area contributed by atoms with Gasteiger partial charge in [-0.2, -0.15) is 0 Å². The van der Waals surface area contributed by atoms with E-state index in [9.17, 15) is 0 Å². The highest BCUT2D eigenvalue weighted by molar-refractivity contribution is 5.37. The van der Waals surface area contributed by atoms with Crippen molar-refractivity contribution >= 4 is 0 Å². The van der Waals surface area contributed by atoms with Gasteiger partial charge in [-0.15, -0.1) is 0 Å². The fraction of sp³-hybridized carbons (Fsp3) is 0.900. The molecule has 4 aliphatic carbocycles. The molecule has 0 heteroatoms. The number of rotatable bonds is 0. The Morgan fingerprint density at radius 1 is 0.900 bits per heavy atom. The second kappa shape index (κ2) is 3.73. The van der Waals surface area contributed by atoms with Crippen molar-refractivity contribution in [3.63, 3.8) is 0 Å². The van der Waals surface area contributed by atoms with Crippen LogP contribution in [0, 0.1) is 39.9 Å². The van der Waals surface area contributed by atoms with Crippen molar-refractivity contribution in [2.24, 2.45) is 39.9 Å². The van der Waals surface area contributed by atoms with Gasteiger partial charge in [0.1, 0.15) is 0 Å². The molecule has 6 atom stereocenters. The molecule has 0 bridgehead atoms. The van der Waals surface area contributed by atoms with E-state index in [4.69, 9.17) is 0 Å². The van der Waals surface area contributed by atoms with Crippen LogP contribution in [0.15, 0.2) is 11.6 Å². The minimum Gasteiger partial charge on any atom is -0.0782 e. The molecule has 0 N–H and O–H groups in total. The molecule has 112 valence electrons. The van der Waals surface area contributed by atoms with Gasteiger partial charge < -0.3 is 0 Å². The Morgan fingerprint density at radius 2 is 1.55 bits per heavy atom. The first-order valence-electron chi connectivity index (χ1n) is 9.04. The molecule has 0 aromatic carbocycles. The number of hydrogen-bond donors (Lipinski definition) is 0. The van der Waals surface area contributed by atoms with Crippen LogP contribution in [0.25, 0.3) is 0 Å². The van der Waals surface area contributed by atoms with Crippen LogP contribution in [0.2, 0.25) is 0 Å². The van der Waals surface area contributed by atoms with Gasteiger partial charge in [-0.25, -0.2) is 0 Å². The molecular weight excluding hydrogens is 240 g/mol. The van der Waals surface area contributed by atoms with Crippen molar-refractivity contribution in [3.8, 4) is 0 Å². The van der Waals surface area contributed by atoms with E-state index in [1.54, 1.807) is 0 Å². The van der Waals surface area contributed by atoms with Crippen molar-refractivity contribution < 1.29 is 0 Å². The second-order valence-corrected chi connectivity index (χ2v) is 9.64. The van der Waals surface area contributed by atoms with E-state index in [0.29, 0.717) is 16.2 Å². The molecule has 20 heavy (non-hydrogen) atoms. The lowest BCUT2D eigenvalue weighted by atomic mass is 9.67. The Kier molecular flexibility index (Phi) is 2.50. The zero-order valence-electron chi connectivity index (χ0n) is 14.1. The van der Waals surface area contributed by atoms with Gasteiger partial charge in [0.2, 0.25) is 0 Å². The van der Waals surface area contributed by atoms with E-state index >= 15 is 0 Å². The van der Waals surface area contributed by atoms with Gasteiger partial charge in [-0.05, 0) is 78.4 Å². The molecule has 0 saturated heterocycles. The molecule has 0 aromatic rings. The van der Waals surface area contributed by atoms with Crippen molar-refractivity contribution in [1.29, 1.82) is 0 Å². The van der Waals surface area contributed by atoms with Crippen LogP contribution in [-0.2, 0) is 0 Å². The third kappa shape index (κ3) is 1.35. The van der Waals surface area contributed by atoms with E-state index in [1.807, 2.05) is 5.57 Å². The van der Waals surface area contributed by atoms with Gasteiger partial charge in [0, 0.05) is 0 Å². The van der Waals surface area contributed by atoms with Crippen LogP contribution in [0.5, 0.6) is 0 Å². The van der Waals surface area contributed by atoms with Crippen LogP contribution in [0.3, 0.4) is 0 Å². The molecule has 3 saturated carbocycles. The molecule has 2 unspecified atom stereocenters. The largest absolute Gasteiger partial charge is 0.0782 e. The summed E-state index contributed by atoms with van der Waals surface area (Å²) >= 11 is 0. The zero-order chi connectivity index (χ0) is 14.3. The number of fused-ring (bicyclic) bond motifs is 4. The Labute approximate surface area is 125 Å². The summed E-state index contributed by atoms with van der Waals surface area (Å²) in [5, 5.41) is 0. The summed E-state index contributed by atoms with van der Waals surface area (Å²) in [5.41, 5.74) is 3.64. The van der Waals surface area contributed by atoms with Gasteiger partial charge in [-0.1, -0.05) is 46.3 Å². The van der Waals surface area contributed by atoms with Crippen molar-refractivity contribution in [1.82, 2.24) is 0 Å². The summed E-state index contributed by atoms with van der Waals surface area (Å²) in [7, 11) is 0. The third-order valence-electron chi connectivity index (χ3n) is 8.35. The summed E-state index contributed by atoms with van der Waals surface area (Å²) in [6.45, 7) is 12.8. The summed E-state index contributed by atoms with van der Waals surface area (Å²) in [6.07, 6.45) is 11.6. The van der Waals surface area contributed by atoms with Gasteiger partial charge >= 0.3 is 0 Å². The van der Waals surface area contributed by atoms with E-state index in [2.05, 4.69) is 40.7 Å². The van der Waals surface area contributed by atoms with E-state index in [0.717, 1.165) is 23.7 Å². The minimum atomic E-state index is 0.527. The fourth-order valence-corrected chi connectivity index (χ4v) is 7.51. The van der Waals surface area contributed by atoms with Gasteiger partial charge in [0.25, 0.3) is 0 Å². The predicted molar refractivity (Wildman–Crippen MR) is 85.4 cm³/mol. The normalized spacial score (nSPS) is 56.1. The lowest BCUT2D eigenvalue weighted by molar-refractivity contribution is 0.145. The summed E-state index contributed by atoms with van der Waals surface area (Å²) in [5.74, 6) is 3.73. The first-order chi connectivity index (χ1) is 9.31. The Bertz CT molecular complexity index is 458. The van der Waals surface area contributed by atoms with Gasteiger partial charge in [-0.3, -0.25) is 0 Å². The SMILES string of the molecule is C[C@@H]1CC[C@H](C)C12CCC1C2=C[C@@]2(C)CCC(C)(C)[C@@H]12. The second-order valence-electron chi connectivity index (χ2n) is 9.64. The highest BCUT2D eigenvalue weighted by atomic mass is 14.7. The standard InChI is InChI=1S/C20H32/c1-13-6-7-14(2)20(13)9-8-15-16(20)12-19(5)11-10-18(3,4)17(15)19/h12-15,17H,6-11H2,1-5H3/t13-,14+,15?,17-,19-,20?/m1/s1. The smallest absolute Gasteiger partial charge is 0.00336 e. The maximum Gasteiger partial charge on any atom is -0.00336 e. The molecule has 0 heterocycles. The third-order valence-corrected chi connectivity index (χ3v) is 8.35. The monoisotopic (exact) mass is 272 g/mol. The lowest BCUT2D eigenvalue weighted by Gasteiger charge is -2.37. The fourth-order valence-electron chi connectivity index (χ4n) is 7.51. The quantitative estimate of drug-likeness (QED) is 0.487.